The molecule has 1 rings (SSSR count). The molecule has 0 amide bonds. The Hall–Kier alpha value is -1.22. The largest absolute Gasteiger partial charge is 0.493 e. The molecule has 0 N–H and O–H groups in total. The summed E-state index contributed by atoms with van der Waals surface area (Å²) in [6.45, 7) is 3.38. The van der Waals surface area contributed by atoms with Gasteiger partial charge in [-0.2, -0.15) is 0 Å². The molecule has 4 heteroatoms. The van der Waals surface area contributed by atoms with Crippen molar-refractivity contribution in [1.29, 1.82) is 0 Å². The number of Topliss-reactive ketones (excluding diaryl/α,β-unsaturated/α-hetero) is 1. The van der Waals surface area contributed by atoms with Gasteiger partial charge in [-0.3, -0.25) is 4.79 Å². The Morgan fingerprint density at radius 1 is 1.44 bits per heavy atom. The average Bonchev–Trinajstić information content (AvgIpc) is 2.29. The predicted molar refractivity (Wildman–Crippen MR) is 63.8 cm³/mol. The molecule has 0 bridgehead atoms. The van der Waals surface area contributed by atoms with Crippen LogP contribution in [0.5, 0.6) is 11.5 Å². The lowest BCUT2D eigenvalue weighted by atomic mass is 10.1. The van der Waals surface area contributed by atoms with Gasteiger partial charge in [0.2, 0.25) is 0 Å². The molecule has 1 aromatic rings. The molecular weight excluding hydrogens is 228 g/mol. The molecule has 0 aromatic heterocycles. The Bertz CT molecular complexity index is 377. The van der Waals surface area contributed by atoms with Crippen LogP contribution in [0, 0.1) is 0 Å². The van der Waals surface area contributed by atoms with Crippen LogP contribution in [0.4, 0.5) is 0 Å². The van der Waals surface area contributed by atoms with Crippen molar-refractivity contribution in [3.8, 4) is 11.5 Å². The number of rotatable bonds is 5. The summed E-state index contributed by atoms with van der Waals surface area (Å²) in [5.74, 6) is 1.54. The molecular formula is C12H15ClO3. The molecule has 0 aliphatic heterocycles. The molecule has 0 heterocycles. The molecule has 0 spiro atoms. The smallest absolute Gasteiger partial charge is 0.161 e. The van der Waals surface area contributed by atoms with Gasteiger partial charge in [0, 0.05) is 5.56 Å². The summed E-state index contributed by atoms with van der Waals surface area (Å²) in [6, 6.07) is 5.10. The zero-order valence-electron chi connectivity index (χ0n) is 9.62. The van der Waals surface area contributed by atoms with E-state index in [0.717, 1.165) is 0 Å². The van der Waals surface area contributed by atoms with Gasteiger partial charge in [-0.1, -0.05) is 0 Å². The van der Waals surface area contributed by atoms with Crippen LogP contribution in [0.2, 0.25) is 0 Å². The van der Waals surface area contributed by atoms with Crippen molar-refractivity contribution < 1.29 is 14.3 Å². The molecule has 0 aliphatic rings. The maximum Gasteiger partial charge on any atom is 0.161 e. The van der Waals surface area contributed by atoms with Gasteiger partial charge < -0.3 is 9.47 Å². The lowest BCUT2D eigenvalue weighted by Crippen LogP contribution is -2.13. The molecule has 1 atom stereocenters. The molecule has 0 saturated carbocycles. The molecule has 1 aromatic carbocycles. The van der Waals surface area contributed by atoms with Crippen molar-refractivity contribution in [2.45, 2.75) is 20.0 Å². The van der Waals surface area contributed by atoms with E-state index in [-0.39, 0.29) is 11.9 Å². The number of carbonyl (C=O) groups is 1. The monoisotopic (exact) mass is 242 g/mol. The molecule has 1 unspecified atom stereocenters. The second-order valence-corrected chi connectivity index (χ2v) is 3.81. The van der Waals surface area contributed by atoms with Crippen molar-refractivity contribution in [2.75, 3.05) is 13.0 Å². The van der Waals surface area contributed by atoms with Gasteiger partial charge in [0.25, 0.3) is 0 Å². The number of hydrogen-bond acceptors (Lipinski definition) is 3. The summed E-state index contributed by atoms with van der Waals surface area (Å²) in [5.41, 5.74) is 0.600. The van der Waals surface area contributed by atoms with Crippen LogP contribution in [0.3, 0.4) is 0 Å². The van der Waals surface area contributed by atoms with Crippen LogP contribution < -0.4 is 9.47 Å². The minimum atomic E-state index is -0.0984. The van der Waals surface area contributed by atoms with Gasteiger partial charge in [0.05, 0.1) is 13.0 Å². The quantitative estimate of drug-likeness (QED) is 0.588. The lowest BCUT2D eigenvalue weighted by molar-refractivity contribution is 0.101. The number of ether oxygens (including phenoxy) is 2. The fourth-order valence-electron chi connectivity index (χ4n) is 1.23. The highest BCUT2D eigenvalue weighted by atomic mass is 35.5. The highest BCUT2D eigenvalue weighted by molar-refractivity contribution is 6.18. The summed E-state index contributed by atoms with van der Waals surface area (Å²) in [5, 5.41) is 0. The van der Waals surface area contributed by atoms with Gasteiger partial charge in [0.1, 0.15) is 6.10 Å². The zero-order valence-corrected chi connectivity index (χ0v) is 10.4. The Labute approximate surface area is 100 Å². The van der Waals surface area contributed by atoms with E-state index in [1.807, 2.05) is 6.92 Å². The summed E-state index contributed by atoms with van der Waals surface area (Å²) >= 11 is 5.66. The van der Waals surface area contributed by atoms with Gasteiger partial charge in [-0.05, 0) is 32.0 Å². The van der Waals surface area contributed by atoms with E-state index in [0.29, 0.717) is 22.9 Å². The third-order valence-electron chi connectivity index (χ3n) is 2.12. The highest BCUT2D eigenvalue weighted by Gasteiger charge is 2.10. The van der Waals surface area contributed by atoms with Crippen LogP contribution in [-0.4, -0.2) is 24.9 Å². The van der Waals surface area contributed by atoms with Crippen molar-refractivity contribution >= 4 is 17.4 Å². The average molecular weight is 243 g/mol. The van der Waals surface area contributed by atoms with Crippen molar-refractivity contribution in [3.05, 3.63) is 23.8 Å². The van der Waals surface area contributed by atoms with E-state index in [4.69, 9.17) is 21.1 Å². The van der Waals surface area contributed by atoms with Crippen molar-refractivity contribution in [2.24, 2.45) is 0 Å². The molecule has 0 saturated heterocycles. The Morgan fingerprint density at radius 2 is 2.12 bits per heavy atom. The summed E-state index contributed by atoms with van der Waals surface area (Å²) < 4.78 is 10.7. The number of hydrogen-bond donors (Lipinski definition) is 0. The van der Waals surface area contributed by atoms with E-state index in [9.17, 15) is 4.79 Å². The number of methoxy groups -OCH3 is 1. The van der Waals surface area contributed by atoms with Gasteiger partial charge in [0.15, 0.2) is 17.3 Å². The first-order valence-electron chi connectivity index (χ1n) is 5.00. The second-order valence-electron chi connectivity index (χ2n) is 3.50. The number of alkyl halides is 1. The molecule has 88 valence electrons. The summed E-state index contributed by atoms with van der Waals surface area (Å²) in [4.78, 5) is 11.2. The van der Waals surface area contributed by atoms with E-state index in [2.05, 4.69) is 0 Å². The molecule has 0 radical (unpaired) electrons. The Balaban J connectivity index is 2.97. The minimum absolute atomic E-state index is 0.00441. The lowest BCUT2D eigenvalue weighted by Gasteiger charge is -2.15. The van der Waals surface area contributed by atoms with E-state index in [1.54, 1.807) is 18.2 Å². The predicted octanol–water partition coefficient (Wildman–Crippen LogP) is 2.90. The Kier molecular flexibility index (Phi) is 4.62. The van der Waals surface area contributed by atoms with Gasteiger partial charge in [-0.25, -0.2) is 0 Å². The van der Waals surface area contributed by atoms with Crippen LogP contribution in [0.25, 0.3) is 0 Å². The fraction of sp³-hybridized carbons (Fsp3) is 0.417. The SMILES string of the molecule is COc1cc(C(C)=O)ccc1OC(C)CCl. The van der Waals surface area contributed by atoms with Crippen LogP contribution in [-0.2, 0) is 0 Å². The van der Waals surface area contributed by atoms with Crippen LogP contribution >= 0.6 is 11.6 Å². The first-order chi connectivity index (χ1) is 7.58. The molecule has 3 nitrogen and oxygen atoms in total. The standard InChI is InChI=1S/C12H15ClO3/c1-8(7-13)16-11-5-4-10(9(2)14)6-12(11)15-3/h4-6,8H,7H2,1-3H3. The summed E-state index contributed by atoms with van der Waals surface area (Å²) in [7, 11) is 1.54. The van der Waals surface area contributed by atoms with E-state index in [1.165, 1.54) is 14.0 Å². The third kappa shape index (κ3) is 3.14. The molecule has 0 fully saturated rings. The fourth-order valence-corrected chi connectivity index (χ4v) is 1.30. The van der Waals surface area contributed by atoms with E-state index >= 15 is 0 Å². The highest BCUT2D eigenvalue weighted by Crippen LogP contribution is 2.29. The van der Waals surface area contributed by atoms with Gasteiger partial charge >= 0.3 is 0 Å². The number of ketones is 1. The number of halogens is 1. The Morgan fingerprint density at radius 3 is 2.62 bits per heavy atom. The topological polar surface area (TPSA) is 35.5 Å². The van der Waals surface area contributed by atoms with Crippen LogP contribution in [0.15, 0.2) is 18.2 Å². The minimum Gasteiger partial charge on any atom is -0.493 e. The van der Waals surface area contributed by atoms with E-state index < -0.39 is 0 Å². The maximum atomic E-state index is 11.2. The number of benzene rings is 1. The second kappa shape index (κ2) is 5.75. The van der Waals surface area contributed by atoms with Gasteiger partial charge in [-0.15, -0.1) is 11.6 Å². The molecule has 0 aliphatic carbocycles. The summed E-state index contributed by atoms with van der Waals surface area (Å²) in [6.07, 6.45) is -0.0984. The first-order valence-corrected chi connectivity index (χ1v) is 5.53. The first kappa shape index (κ1) is 12.8. The third-order valence-corrected chi connectivity index (χ3v) is 2.55. The maximum absolute atomic E-state index is 11.2. The van der Waals surface area contributed by atoms with Crippen LogP contribution in [0.1, 0.15) is 24.2 Å². The zero-order chi connectivity index (χ0) is 12.1. The number of carbonyl (C=O) groups excluding carboxylic acids is 1. The van der Waals surface area contributed by atoms with Crippen molar-refractivity contribution in [3.63, 3.8) is 0 Å². The molecule has 16 heavy (non-hydrogen) atoms. The van der Waals surface area contributed by atoms with Crippen molar-refractivity contribution in [1.82, 2.24) is 0 Å². The normalized spacial score (nSPS) is 12.0.